The molecule has 2 aromatic carbocycles. The van der Waals surface area contributed by atoms with Gasteiger partial charge < -0.3 is 16.4 Å². The summed E-state index contributed by atoms with van der Waals surface area (Å²) in [6.07, 6.45) is 4.41. The summed E-state index contributed by atoms with van der Waals surface area (Å²) in [6.45, 7) is 0.655. The standard InChI is InChI=1S/C23H23N5O2/c24-21(29)16-11-9-15(10-12-16)18-14-26-23(25)27-20(18)19-8-4-5-13-28(19)22(30)17-6-2-1-3-7-17/h1-3,6-7,9-12,14,19H,4-5,8,13H2,(H2,24,29)(H2,25,26,27)/t19-/m0/s1. The first kappa shape index (κ1) is 19.6. The first-order valence-corrected chi connectivity index (χ1v) is 9.93. The van der Waals surface area contributed by atoms with E-state index in [1.165, 1.54) is 0 Å². The number of carbonyl (C=O) groups is 2. The summed E-state index contributed by atoms with van der Waals surface area (Å²) in [5, 5.41) is 0. The van der Waals surface area contributed by atoms with Gasteiger partial charge in [-0.15, -0.1) is 0 Å². The monoisotopic (exact) mass is 401 g/mol. The zero-order valence-corrected chi connectivity index (χ0v) is 16.5. The van der Waals surface area contributed by atoms with E-state index in [0.29, 0.717) is 17.7 Å². The Morgan fingerprint density at radius 1 is 0.967 bits per heavy atom. The third-order valence-corrected chi connectivity index (χ3v) is 5.42. The summed E-state index contributed by atoms with van der Waals surface area (Å²) in [7, 11) is 0. The van der Waals surface area contributed by atoms with Crippen molar-refractivity contribution >= 4 is 17.8 Å². The Kier molecular flexibility index (Phi) is 5.43. The fourth-order valence-electron chi connectivity index (χ4n) is 3.91. The van der Waals surface area contributed by atoms with Crippen molar-refractivity contribution < 1.29 is 9.59 Å². The SMILES string of the molecule is NC(=O)c1ccc(-c2cnc(N)nc2[C@@H]2CCCCN2C(=O)c2ccccc2)cc1. The maximum atomic E-state index is 13.2. The summed E-state index contributed by atoms with van der Waals surface area (Å²) in [6, 6.07) is 16.0. The fraction of sp³-hybridized carbons (Fsp3) is 0.217. The van der Waals surface area contributed by atoms with Crippen molar-refractivity contribution in [1.82, 2.24) is 14.9 Å². The van der Waals surface area contributed by atoms with Gasteiger partial charge in [0.15, 0.2) is 0 Å². The Labute approximate surface area is 174 Å². The number of amides is 2. The van der Waals surface area contributed by atoms with E-state index in [-0.39, 0.29) is 17.9 Å². The average Bonchev–Trinajstić information content (AvgIpc) is 2.79. The Bertz CT molecular complexity index is 1070. The first-order valence-electron chi connectivity index (χ1n) is 9.93. The molecule has 1 atom stereocenters. The lowest BCUT2D eigenvalue weighted by molar-refractivity contribution is 0.0606. The average molecular weight is 401 g/mol. The normalized spacial score (nSPS) is 16.3. The lowest BCUT2D eigenvalue weighted by atomic mass is 9.93. The van der Waals surface area contributed by atoms with Gasteiger partial charge in [-0.2, -0.15) is 0 Å². The lowest BCUT2D eigenvalue weighted by Gasteiger charge is -2.36. The second-order valence-electron chi connectivity index (χ2n) is 7.34. The first-order chi connectivity index (χ1) is 14.5. The number of hydrogen-bond donors (Lipinski definition) is 2. The van der Waals surface area contributed by atoms with Gasteiger partial charge in [-0.3, -0.25) is 9.59 Å². The molecule has 0 unspecified atom stereocenters. The molecular weight excluding hydrogens is 378 g/mol. The third kappa shape index (κ3) is 3.87. The van der Waals surface area contributed by atoms with Crippen LogP contribution in [0, 0.1) is 0 Å². The summed E-state index contributed by atoms with van der Waals surface area (Å²) < 4.78 is 0. The van der Waals surface area contributed by atoms with Gasteiger partial charge in [-0.1, -0.05) is 30.3 Å². The summed E-state index contributed by atoms with van der Waals surface area (Å²) in [5.41, 5.74) is 14.7. The molecule has 4 N–H and O–H groups in total. The molecule has 2 heterocycles. The molecule has 1 saturated heterocycles. The van der Waals surface area contributed by atoms with Crippen molar-refractivity contribution in [2.24, 2.45) is 5.73 Å². The number of rotatable bonds is 4. The number of nitrogens with two attached hydrogens (primary N) is 2. The van der Waals surface area contributed by atoms with Crippen LogP contribution in [0.5, 0.6) is 0 Å². The summed E-state index contributed by atoms with van der Waals surface area (Å²) in [5.74, 6) is -0.338. The van der Waals surface area contributed by atoms with Gasteiger partial charge in [-0.05, 0) is 49.1 Å². The maximum absolute atomic E-state index is 13.2. The molecule has 7 nitrogen and oxygen atoms in total. The molecular formula is C23H23N5O2. The van der Waals surface area contributed by atoms with E-state index in [1.54, 1.807) is 18.3 Å². The van der Waals surface area contributed by atoms with E-state index in [1.807, 2.05) is 47.4 Å². The van der Waals surface area contributed by atoms with E-state index in [2.05, 4.69) is 9.97 Å². The van der Waals surface area contributed by atoms with Crippen LogP contribution < -0.4 is 11.5 Å². The van der Waals surface area contributed by atoms with E-state index in [9.17, 15) is 9.59 Å². The number of likely N-dealkylation sites (tertiary alicyclic amines) is 1. The van der Waals surface area contributed by atoms with Gasteiger partial charge in [0.1, 0.15) is 0 Å². The molecule has 1 aromatic heterocycles. The maximum Gasteiger partial charge on any atom is 0.254 e. The molecule has 1 aliphatic heterocycles. The second kappa shape index (κ2) is 8.32. The molecule has 0 saturated carbocycles. The molecule has 0 bridgehead atoms. The molecule has 30 heavy (non-hydrogen) atoms. The molecule has 7 heteroatoms. The predicted molar refractivity (Wildman–Crippen MR) is 114 cm³/mol. The second-order valence-corrected chi connectivity index (χ2v) is 7.34. The zero-order chi connectivity index (χ0) is 21.1. The molecule has 0 aliphatic carbocycles. The Morgan fingerprint density at radius 2 is 1.70 bits per heavy atom. The number of hydrogen-bond acceptors (Lipinski definition) is 5. The number of nitrogens with zero attached hydrogens (tertiary/aromatic N) is 3. The minimum absolute atomic E-state index is 0.0208. The van der Waals surface area contributed by atoms with Crippen LogP contribution in [0.4, 0.5) is 5.95 Å². The van der Waals surface area contributed by atoms with Gasteiger partial charge in [0, 0.05) is 29.4 Å². The van der Waals surface area contributed by atoms with E-state index >= 15 is 0 Å². The van der Waals surface area contributed by atoms with Crippen LogP contribution in [0.2, 0.25) is 0 Å². The van der Waals surface area contributed by atoms with Crippen molar-refractivity contribution in [2.45, 2.75) is 25.3 Å². The number of nitrogen functional groups attached to an aromatic ring is 1. The van der Waals surface area contributed by atoms with Crippen molar-refractivity contribution in [3.63, 3.8) is 0 Å². The highest BCUT2D eigenvalue weighted by Gasteiger charge is 2.31. The largest absolute Gasteiger partial charge is 0.368 e. The quantitative estimate of drug-likeness (QED) is 0.697. The number of anilines is 1. The van der Waals surface area contributed by atoms with Gasteiger partial charge in [0.25, 0.3) is 5.91 Å². The lowest BCUT2D eigenvalue weighted by Crippen LogP contribution is -2.39. The highest BCUT2D eigenvalue weighted by molar-refractivity contribution is 5.95. The van der Waals surface area contributed by atoms with E-state index in [4.69, 9.17) is 11.5 Å². The van der Waals surface area contributed by atoms with Crippen molar-refractivity contribution in [2.75, 3.05) is 12.3 Å². The van der Waals surface area contributed by atoms with Crippen LogP contribution in [0.3, 0.4) is 0 Å². The van der Waals surface area contributed by atoms with Crippen LogP contribution in [0.1, 0.15) is 51.7 Å². The molecule has 0 spiro atoms. The van der Waals surface area contributed by atoms with Crippen molar-refractivity contribution in [1.29, 1.82) is 0 Å². The molecule has 0 radical (unpaired) electrons. The van der Waals surface area contributed by atoms with E-state index in [0.717, 1.165) is 36.1 Å². The molecule has 2 amide bonds. The van der Waals surface area contributed by atoms with Crippen LogP contribution in [-0.4, -0.2) is 33.2 Å². The minimum atomic E-state index is -0.484. The Balaban J connectivity index is 1.75. The summed E-state index contributed by atoms with van der Waals surface area (Å²) >= 11 is 0. The van der Waals surface area contributed by atoms with Crippen LogP contribution in [0.15, 0.2) is 60.8 Å². The summed E-state index contributed by atoms with van der Waals surface area (Å²) in [4.78, 5) is 35.2. The topological polar surface area (TPSA) is 115 Å². The van der Waals surface area contributed by atoms with Crippen molar-refractivity contribution in [3.05, 3.63) is 77.6 Å². The third-order valence-electron chi connectivity index (χ3n) is 5.42. The van der Waals surface area contributed by atoms with Crippen molar-refractivity contribution in [3.8, 4) is 11.1 Å². The smallest absolute Gasteiger partial charge is 0.254 e. The van der Waals surface area contributed by atoms with Gasteiger partial charge in [-0.25, -0.2) is 9.97 Å². The highest BCUT2D eigenvalue weighted by atomic mass is 16.2. The highest BCUT2D eigenvalue weighted by Crippen LogP contribution is 2.36. The van der Waals surface area contributed by atoms with Crippen LogP contribution >= 0.6 is 0 Å². The number of carbonyl (C=O) groups excluding carboxylic acids is 2. The number of piperidine rings is 1. The van der Waals surface area contributed by atoms with Gasteiger partial charge >= 0.3 is 0 Å². The molecule has 152 valence electrons. The molecule has 1 fully saturated rings. The Hall–Kier alpha value is -3.74. The molecule has 1 aliphatic rings. The van der Waals surface area contributed by atoms with E-state index < -0.39 is 5.91 Å². The Morgan fingerprint density at radius 3 is 2.40 bits per heavy atom. The molecule has 3 aromatic rings. The van der Waals surface area contributed by atoms with Gasteiger partial charge in [0.05, 0.1) is 11.7 Å². The predicted octanol–water partition coefficient (Wildman–Crippen LogP) is 3.19. The number of primary amides is 1. The zero-order valence-electron chi connectivity index (χ0n) is 16.5. The fourth-order valence-corrected chi connectivity index (χ4v) is 3.91. The number of aromatic nitrogens is 2. The van der Waals surface area contributed by atoms with Crippen LogP contribution in [-0.2, 0) is 0 Å². The minimum Gasteiger partial charge on any atom is -0.368 e. The number of benzene rings is 2. The van der Waals surface area contributed by atoms with Gasteiger partial charge in [0.2, 0.25) is 11.9 Å². The van der Waals surface area contributed by atoms with Crippen LogP contribution in [0.25, 0.3) is 11.1 Å². The molecule has 4 rings (SSSR count).